The first kappa shape index (κ1) is 18.7. The molecule has 0 aromatic carbocycles. The molecular formula is C9H21NOY-2. The second kappa shape index (κ2) is 14.5. The zero-order chi connectivity index (χ0) is 7.82. The van der Waals surface area contributed by atoms with Crippen LogP contribution < -0.4 is 0 Å². The summed E-state index contributed by atoms with van der Waals surface area (Å²) in [6.45, 7) is 9.76. The van der Waals surface area contributed by atoms with E-state index in [0.29, 0.717) is 5.92 Å². The van der Waals surface area contributed by atoms with Gasteiger partial charge < -0.3 is 17.5 Å². The number of rotatable bonds is 0. The van der Waals surface area contributed by atoms with E-state index in [1.54, 1.807) is 0 Å². The first-order valence-corrected chi connectivity index (χ1v) is 4.10. The van der Waals surface area contributed by atoms with Gasteiger partial charge in [0.1, 0.15) is 0 Å². The fraction of sp³-hybridized carbons (Fsp3) is 0.889. The minimum atomic E-state index is 0. The normalized spacial score (nSPS) is 21.8. The van der Waals surface area contributed by atoms with E-state index in [4.69, 9.17) is 4.74 Å². The molecule has 0 spiro atoms. The van der Waals surface area contributed by atoms with E-state index in [9.17, 15) is 0 Å². The van der Waals surface area contributed by atoms with E-state index < -0.39 is 0 Å². The Hall–Kier alpha value is 1.02. The molecule has 0 N–H and O–H groups in total. The van der Waals surface area contributed by atoms with Crippen molar-refractivity contribution in [1.82, 2.24) is 0 Å². The molecule has 0 aliphatic carbocycles. The van der Waals surface area contributed by atoms with Gasteiger partial charge in [-0.25, -0.2) is 0 Å². The molecule has 2 nitrogen and oxygen atoms in total. The van der Waals surface area contributed by atoms with E-state index in [1.807, 2.05) is 13.8 Å². The molecule has 1 unspecified atom stereocenters. The number of hydrogen-bond acceptors (Lipinski definition) is 1. The van der Waals surface area contributed by atoms with Crippen LogP contribution in [0.4, 0.5) is 0 Å². The van der Waals surface area contributed by atoms with Crippen molar-refractivity contribution >= 4 is 0 Å². The first-order chi connectivity index (χ1) is 4.89. The summed E-state index contributed by atoms with van der Waals surface area (Å²) in [7, 11) is 0. The molecule has 0 aromatic rings. The predicted molar refractivity (Wildman–Crippen MR) is 50.8 cm³/mol. The van der Waals surface area contributed by atoms with Crippen LogP contribution in [-0.4, -0.2) is 26.3 Å². The van der Waals surface area contributed by atoms with Crippen LogP contribution in [0.5, 0.6) is 0 Å². The SMILES string of the molecule is CC.CC1C[N-]CCOC1.[CH3-].[Y]. The fourth-order valence-corrected chi connectivity index (χ4v) is 0.778. The zero-order valence-corrected chi connectivity index (χ0v) is 11.7. The van der Waals surface area contributed by atoms with Gasteiger partial charge in [0.2, 0.25) is 0 Å². The Morgan fingerprint density at radius 1 is 1.33 bits per heavy atom. The molecule has 73 valence electrons. The van der Waals surface area contributed by atoms with Gasteiger partial charge in [-0.15, -0.1) is 13.1 Å². The molecule has 1 saturated heterocycles. The van der Waals surface area contributed by atoms with Gasteiger partial charge in [0.05, 0.1) is 0 Å². The average molecular weight is 248 g/mol. The minimum Gasteiger partial charge on any atom is -0.660 e. The second-order valence-electron chi connectivity index (χ2n) is 2.31. The topological polar surface area (TPSA) is 23.3 Å². The maximum atomic E-state index is 5.21. The maximum Gasteiger partial charge on any atom is 0.0474 e. The van der Waals surface area contributed by atoms with Gasteiger partial charge in [-0.3, -0.25) is 0 Å². The third kappa shape index (κ3) is 11.0. The Balaban J connectivity index is -0.000000189. The monoisotopic (exact) mass is 248 g/mol. The second-order valence-corrected chi connectivity index (χ2v) is 2.31. The van der Waals surface area contributed by atoms with Crippen molar-refractivity contribution < 1.29 is 37.4 Å². The van der Waals surface area contributed by atoms with Crippen LogP contribution >= 0.6 is 0 Å². The van der Waals surface area contributed by atoms with Gasteiger partial charge in [0.25, 0.3) is 0 Å². The van der Waals surface area contributed by atoms with Crippen molar-refractivity contribution in [3.8, 4) is 0 Å². The minimum absolute atomic E-state index is 0. The summed E-state index contributed by atoms with van der Waals surface area (Å²) in [4.78, 5) is 0. The van der Waals surface area contributed by atoms with Crippen molar-refractivity contribution in [2.45, 2.75) is 20.8 Å². The standard InChI is InChI=1S/C6H12NO.C2H6.CH3.Y/c1-6-4-7-2-3-8-5-6;1-2;;/h6H,2-5H2,1H3;1-2H3;1H3;/q-1;;-1;. The van der Waals surface area contributed by atoms with Crippen molar-refractivity contribution in [3.63, 3.8) is 0 Å². The molecule has 1 heterocycles. The summed E-state index contributed by atoms with van der Waals surface area (Å²) in [5, 5.41) is 4.23. The van der Waals surface area contributed by atoms with Gasteiger partial charge in [-0.05, 0) is 5.92 Å². The van der Waals surface area contributed by atoms with Crippen molar-refractivity contribution in [2.24, 2.45) is 5.92 Å². The summed E-state index contributed by atoms with van der Waals surface area (Å²) in [6, 6.07) is 0. The smallest absolute Gasteiger partial charge is 0.0474 e. The van der Waals surface area contributed by atoms with E-state index in [2.05, 4.69) is 12.2 Å². The van der Waals surface area contributed by atoms with Gasteiger partial charge in [-0.2, -0.15) is 0 Å². The molecule has 1 aliphatic heterocycles. The van der Waals surface area contributed by atoms with E-state index in [1.165, 1.54) is 0 Å². The van der Waals surface area contributed by atoms with Crippen LogP contribution in [0.1, 0.15) is 20.8 Å². The van der Waals surface area contributed by atoms with Crippen LogP contribution in [0.15, 0.2) is 0 Å². The molecule has 12 heavy (non-hydrogen) atoms. The Kier molecular flexibility index (Phi) is 22.7. The summed E-state index contributed by atoms with van der Waals surface area (Å²) in [5.74, 6) is 0.637. The van der Waals surface area contributed by atoms with E-state index in [0.717, 1.165) is 26.3 Å². The Morgan fingerprint density at radius 2 is 1.92 bits per heavy atom. The summed E-state index contributed by atoms with van der Waals surface area (Å²) in [6.07, 6.45) is 0. The molecule has 3 heteroatoms. The van der Waals surface area contributed by atoms with Crippen LogP contribution in [0.3, 0.4) is 0 Å². The molecule has 1 aliphatic rings. The number of hydrogen-bond donors (Lipinski definition) is 0. The van der Waals surface area contributed by atoms with E-state index in [-0.39, 0.29) is 40.1 Å². The molecule has 0 bridgehead atoms. The van der Waals surface area contributed by atoms with Crippen molar-refractivity contribution in [2.75, 3.05) is 26.3 Å². The Bertz CT molecular complexity index is 63.5. The average Bonchev–Trinajstić information content (AvgIpc) is 2.21. The molecule has 1 radical (unpaired) electrons. The summed E-state index contributed by atoms with van der Waals surface area (Å²) in [5.41, 5.74) is 0. The van der Waals surface area contributed by atoms with Gasteiger partial charge in [0.15, 0.2) is 0 Å². The molecule has 0 saturated carbocycles. The Morgan fingerprint density at radius 3 is 2.50 bits per heavy atom. The number of ether oxygens (including phenoxy) is 1. The van der Waals surface area contributed by atoms with Crippen LogP contribution in [0, 0.1) is 13.3 Å². The van der Waals surface area contributed by atoms with E-state index >= 15 is 0 Å². The Labute approximate surface area is 103 Å². The summed E-state index contributed by atoms with van der Waals surface area (Å²) < 4.78 is 5.21. The van der Waals surface area contributed by atoms with Gasteiger partial charge in [-0.1, -0.05) is 20.8 Å². The third-order valence-corrected chi connectivity index (χ3v) is 1.24. The third-order valence-electron chi connectivity index (χ3n) is 1.24. The van der Waals surface area contributed by atoms with Crippen molar-refractivity contribution in [3.05, 3.63) is 12.7 Å². The van der Waals surface area contributed by atoms with Gasteiger partial charge >= 0.3 is 0 Å². The molecule has 0 amide bonds. The largest absolute Gasteiger partial charge is 0.660 e. The van der Waals surface area contributed by atoms with Crippen LogP contribution in [-0.2, 0) is 37.4 Å². The first-order valence-electron chi connectivity index (χ1n) is 4.10. The quantitative estimate of drug-likeness (QED) is 0.604. The molecule has 0 aromatic heterocycles. The number of nitrogens with zero attached hydrogens (tertiary/aromatic N) is 1. The zero-order valence-electron chi connectivity index (χ0n) is 8.84. The maximum absolute atomic E-state index is 5.21. The van der Waals surface area contributed by atoms with Crippen LogP contribution in [0.25, 0.3) is 5.32 Å². The van der Waals surface area contributed by atoms with Crippen LogP contribution in [0.2, 0.25) is 0 Å². The summed E-state index contributed by atoms with van der Waals surface area (Å²) >= 11 is 0. The molecule has 1 fully saturated rings. The fourth-order valence-electron chi connectivity index (χ4n) is 0.778. The predicted octanol–water partition coefficient (Wildman–Crippen LogP) is 2.50. The van der Waals surface area contributed by atoms with Gasteiger partial charge in [0, 0.05) is 45.9 Å². The molecule has 1 atom stereocenters. The molecular weight excluding hydrogens is 227 g/mol. The van der Waals surface area contributed by atoms with Crippen molar-refractivity contribution in [1.29, 1.82) is 0 Å². The molecule has 1 rings (SSSR count).